The van der Waals surface area contributed by atoms with Gasteiger partial charge in [0.15, 0.2) is 0 Å². The lowest BCUT2D eigenvalue weighted by Crippen LogP contribution is -1.73. The van der Waals surface area contributed by atoms with E-state index in [1.165, 1.54) is 68.8 Å². The average molecular weight is 944 g/mol. The van der Waals surface area contributed by atoms with Gasteiger partial charge in [-0.2, -0.15) is 5.26 Å². The fourth-order valence-corrected chi connectivity index (χ4v) is 5.28. The van der Waals surface area contributed by atoms with E-state index in [1.807, 2.05) is 126 Å². The van der Waals surface area contributed by atoms with Gasteiger partial charge in [0, 0.05) is 36.7 Å². The number of aromatic nitrogens is 3. The molecular weight excluding hydrogens is 868 g/mol. The first-order chi connectivity index (χ1) is 36.3. The molecule has 0 atom stereocenters. The molecule has 0 aliphatic rings. The van der Waals surface area contributed by atoms with Gasteiger partial charge in [-0.15, -0.1) is 0 Å². The smallest absolute Gasteiger partial charge is 0.123 e. The number of nitriles is 1. The zero-order valence-corrected chi connectivity index (χ0v) is 43.0. The Morgan fingerprint density at radius 2 is 0.845 bits per heavy atom. The summed E-state index contributed by atoms with van der Waals surface area (Å²) in [5, 5.41) is 11.0. The van der Waals surface area contributed by atoms with Crippen LogP contribution >= 0.6 is 0 Å². The molecule has 0 bridgehead atoms. The SMILES string of the molecule is Cc1ccc(C#N)cc1.Cc1ccc(C)cc1.Cc1ccc(F)cc1.Cc1ccc2ccccc2c1.Cc1ccccc1.Cc1ccccn1.Cc1cccnc1.Cc1ccncc1.[2H]c1c([2H])c([2H])c(C)c([2H])c1[2H]. The molecule has 0 aliphatic heterocycles. The van der Waals surface area contributed by atoms with E-state index in [9.17, 15) is 4.39 Å². The molecule has 0 spiro atoms. The Labute approximate surface area is 432 Å². The number of halogens is 1. The van der Waals surface area contributed by atoms with Crippen LogP contribution in [0.3, 0.4) is 0 Å². The van der Waals surface area contributed by atoms with Crippen molar-refractivity contribution in [1.29, 1.82) is 5.26 Å². The van der Waals surface area contributed by atoms with Crippen LogP contribution in [0, 0.1) is 86.4 Å². The van der Waals surface area contributed by atoms with Gasteiger partial charge < -0.3 is 0 Å². The van der Waals surface area contributed by atoms with Gasteiger partial charge in [-0.1, -0.05) is 203 Å². The number of hydrogen-bond donors (Lipinski definition) is 0. The van der Waals surface area contributed by atoms with E-state index >= 15 is 0 Å². The third-order valence-electron chi connectivity index (χ3n) is 9.35. The maximum atomic E-state index is 12.1. The van der Waals surface area contributed by atoms with Gasteiger partial charge in [0.1, 0.15) is 5.82 Å². The number of pyridine rings is 3. The lowest BCUT2D eigenvalue weighted by atomic mass is 10.1. The molecule has 3 aromatic heterocycles. The molecule has 362 valence electrons. The largest absolute Gasteiger partial charge is 0.265 e. The highest BCUT2D eigenvalue weighted by Crippen LogP contribution is 2.14. The molecule has 3 heterocycles. The minimum Gasteiger partial charge on any atom is -0.265 e. The van der Waals surface area contributed by atoms with Gasteiger partial charge in [-0.3, -0.25) is 15.0 Å². The summed E-state index contributed by atoms with van der Waals surface area (Å²) in [7, 11) is 0. The quantitative estimate of drug-likeness (QED) is 0.152. The summed E-state index contributed by atoms with van der Waals surface area (Å²) in [5.41, 5.74) is 12.1. The van der Waals surface area contributed by atoms with Gasteiger partial charge in [0.05, 0.1) is 18.5 Å². The van der Waals surface area contributed by atoms with Crippen LogP contribution in [0.25, 0.3) is 10.8 Å². The van der Waals surface area contributed by atoms with Crippen LogP contribution in [-0.4, -0.2) is 15.0 Å². The summed E-state index contributed by atoms with van der Waals surface area (Å²) in [6.45, 7) is 19.9. The number of nitrogens with zero attached hydrogens (tertiary/aromatic N) is 4. The highest BCUT2D eigenvalue weighted by Gasteiger charge is 1.90. The van der Waals surface area contributed by atoms with E-state index in [0.29, 0.717) is 5.56 Å². The first kappa shape index (κ1) is 50.5. The van der Waals surface area contributed by atoms with Gasteiger partial charge in [-0.05, 0) is 146 Å². The fourth-order valence-electron chi connectivity index (χ4n) is 5.28. The Kier molecular flexibility index (Phi) is 26.1. The number of aryl methyl sites for hydroxylation is 9. The van der Waals surface area contributed by atoms with E-state index in [2.05, 4.69) is 128 Å². The van der Waals surface area contributed by atoms with Crippen LogP contribution in [0.5, 0.6) is 0 Å². The van der Waals surface area contributed by atoms with E-state index < -0.39 is 0 Å². The Morgan fingerprint density at radius 3 is 1.24 bits per heavy atom. The number of hydrogen-bond acceptors (Lipinski definition) is 4. The van der Waals surface area contributed by atoms with Gasteiger partial charge in [-0.25, -0.2) is 4.39 Å². The molecule has 4 nitrogen and oxygen atoms in total. The van der Waals surface area contributed by atoms with Crippen molar-refractivity contribution in [2.24, 2.45) is 0 Å². The Balaban J connectivity index is 0.000000295. The van der Waals surface area contributed by atoms with Crippen molar-refractivity contribution < 1.29 is 11.2 Å². The maximum absolute atomic E-state index is 12.1. The van der Waals surface area contributed by atoms with Crippen LogP contribution in [0.1, 0.15) is 68.2 Å². The first-order valence-electron chi connectivity index (χ1n) is 25.6. The Bertz CT molecular complexity index is 2830. The van der Waals surface area contributed by atoms with Crippen molar-refractivity contribution in [3.8, 4) is 6.07 Å². The first-order valence-corrected chi connectivity index (χ1v) is 23.1. The molecule has 0 unspecified atom stereocenters. The molecule has 10 aromatic rings. The van der Waals surface area contributed by atoms with E-state index in [-0.39, 0.29) is 36.0 Å². The van der Waals surface area contributed by atoms with Crippen molar-refractivity contribution in [3.63, 3.8) is 0 Å². The highest BCUT2D eigenvalue weighted by molar-refractivity contribution is 5.82. The van der Waals surface area contributed by atoms with Crippen molar-refractivity contribution in [3.05, 3.63) is 316 Å². The number of rotatable bonds is 0. The van der Waals surface area contributed by atoms with Crippen molar-refractivity contribution >= 4 is 10.8 Å². The molecule has 0 saturated carbocycles. The van der Waals surface area contributed by atoms with Crippen molar-refractivity contribution in [2.75, 3.05) is 0 Å². The standard InChI is InChI=1S/C11H10.C8H7N.C8H10.C7H7F.2C7H8.3C6H7N/c1-9-6-7-10-4-2-3-5-11(10)8-9;1-7-2-4-8(6-9)5-3-7;1-7-3-5-8(2)6-4-7;1-6-2-4-7(8)5-3-6;2*1-7-5-3-2-4-6-7;1-6-2-4-7-5-3-6;1-6-3-2-4-7-5-6;1-6-4-2-3-5-7-6/h2-8H,1H3;2-5H,1H3;3-6H,1-2H3;2-5H,1H3;2*2-6H,1H3;3*2-5H,1H3/i;;;;2D,3D,4D,5D,6D;;;;. The molecule has 5 heteroatoms. The molecule has 0 radical (unpaired) electrons. The normalized spacial score (nSPS) is 10.0. The zero-order valence-electron chi connectivity index (χ0n) is 48.0. The minimum absolute atomic E-state index is 0.124. The second-order valence-electron chi connectivity index (χ2n) is 16.2. The average Bonchev–Trinajstić information content (AvgIpc) is 3.43. The number of benzene rings is 7. The van der Waals surface area contributed by atoms with Crippen LogP contribution in [-0.2, 0) is 0 Å². The van der Waals surface area contributed by atoms with Crippen LogP contribution < -0.4 is 0 Å². The maximum Gasteiger partial charge on any atom is 0.123 e. The summed E-state index contributed by atoms with van der Waals surface area (Å²) in [4.78, 5) is 11.7. The van der Waals surface area contributed by atoms with E-state index in [4.69, 9.17) is 12.1 Å². The highest BCUT2D eigenvalue weighted by atomic mass is 19.1. The van der Waals surface area contributed by atoms with Gasteiger partial charge >= 0.3 is 0 Å². The molecule has 0 amide bonds. The van der Waals surface area contributed by atoms with Crippen LogP contribution in [0.15, 0.2) is 249 Å². The second-order valence-corrected chi connectivity index (χ2v) is 16.2. The van der Waals surface area contributed by atoms with E-state index in [0.717, 1.165) is 16.8 Å². The summed E-state index contributed by atoms with van der Waals surface area (Å²) in [5.74, 6) is -0.171. The topological polar surface area (TPSA) is 62.5 Å². The molecule has 71 heavy (non-hydrogen) atoms. The van der Waals surface area contributed by atoms with Crippen molar-refractivity contribution in [1.82, 2.24) is 15.0 Å². The Morgan fingerprint density at radius 1 is 0.380 bits per heavy atom. The molecule has 7 aromatic carbocycles. The third-order valence-corrected chi connectivity index (χ3v) is 9.35. The molecular formula is C66H71FN4. The van der Waals surface area contributed by atoms with Crippen LogP contribution in [0.2, 0.25) is 0 Å². The molecule has 10 rings (SSSR count). The van der Waals surface area contributed by atoms with Gasteiger partial charge in [0.25, 0.3) is 0 Å². The minimum atomic E-state index is -0.337. The Hall–Kier alpha value is -8.33. The molecule has 0 aliphatic carbocycles. The predicted octanol–water partition coefficient (Wildman–Crippen LogP) is 17.6. The molecule has 0 saturated heterocycles. The van der Waals surface area contributed by atoms with Crippen LogP contribution in [0.4, 0.5) is 4.39 Å². The lowest BCUT2D eigenvalue weighted by Gasteiger charge is -1.96. The summed E-state index contributed by atoms with van der Waals surface area (Å²) < 4.78 is 48.4. The summed E-state index contributed by atoms with van der Waals surface area (Å²) in [6.07, 6.45) is 8.97. The lowest BCUT2D eigenvalue weighted by molar-refractivity contribution is 0.627. The second kappa shape index (κ2) is 36.7. The predicted molar refractivity (Wildman–Crippen MR) is 301 cm³/mol. The molecule has 0 fully saturated rings. The summed E-state index contributed by atoms with van der Waals surface area (Å²) in [6, 6.07) is 62.2. The monoisotopic (exact) mass is 944 g/mol. The third kappa shape index (κ3) is 31.4. The zero-order chi connectivity index (χ0) is 56.3. The van der Waals surface area contributed by atoms with Gasteiger partial charge in [0.2, 0.25) is 0 Å². The molecule has 0 N–H and O–H groups in total. The fraction of sp³-hybridized carbons (Fsp3) is 0.152. The van der Waals surface area contributed by atoms with E-state index in [1.54, 1.807) is 36.9 Å². The van der Waals surface area contributed by atoms with Crippen molar-refractivity contribution in [2.45, 2.75) is 69.2 Å². The number of fused-ring (bicyclic) bond motifs is 1. The summed E-state index contributed by atoms with van der Waals surface area (Å²) >= 11 is 0.